The van der Waals surface area contributed by atoms with Gasteiger partial charge in [0.25, 0.3) is 0 Å². The van der Waals surface area contributed by atoms with Crippen LogP contribution in [0.5, 0.6) is 5.75 Å². The van der Waals surface area contributed by atoms with Crippen LogP contribution in [0.15, 0.2) is 12.3 Å². The Labute approximate surface area is 67.2 Å². The van der Waals surface area contributed by atoms with E-state index in [9.17, 15) is 0 Å². The average Bonchev–Trinajstić information content (AvgIpc) is 2.04. The molecule has 0 aliphatic rings. The van der Waals surface area contributed by atoms with Gasteiger partial charge in [0.1, 0.15) is 5.75 Å². The molecule has 59 valence electrons. The van der Waals surface area contributed by atoms with Crippen molar-refractivity contribution in [2.24, 2.45) is 0 Å². The van der Waals surface area contributed by atoms with Crippen LogP contribution in [-0.2, 0) is 6.42 Å². The molecule has 1 radical (unpaired) electrons. The van der Waals surface area contributed by atoms with Crippen molar-refractivity contribution < 1.29 is 4.74 Å². The zero-order chi connectivity index (χ0) is 8.27. The number of hydrogen-bond acceptors (Lipinski definition) is 2. The molecule has 1 heterocycles. The van der Waals surface area contributed by atoms with Crippen LogP contribution in [0.25, 0.3) is 0 Å². The molecule has 0 amide bonds. The van der Waals surface area contributed by atoms with Crippen molar-refractivity contribution in [1.29, 1.82) is 0 Å². The smallest absolute Gasteiger partial charge is 0.125 e. The Morgan fingerprint density at radius 2 is 2.36 bits per heavy atom. The average molecular weight is 150 g/mol. The van der Waals surface area contributed by atoms with Crippen molar-refractivity contribution in [3.05, 3.63) is 30.4 Å². The van der Waals surface area contributed by atoms with E-state index < -0.39 is 0 Å². The van der Waals surface area contributed by atoms with Crippen LogP contribution in [0.1, 0.15) is 18.2 Å². The Hall–Kier alpha value is -1.05. The van der Waals surface area contributed by atoms with Crippen molar-refractivity contribution in [2.45, 2.75) is 13.3 Å². The van der Waals surface area contributed by atoms with Gasteiger partial charge in [0.2, 0.25) is 0 Å². The van der Waals surface area contributed by atoms with Crippen LogP contribution in [0.3, 0.4) is 0 Å². The molecule has 0 aliphatic carbocycles. The molecule has 0 aliphatic heterocycles. The van der Waals surface area contributed by atoms with Crippen LogP contribution < -0.4 is 4.74 Å². The molecule has 11 heavy (non-hydrogen) atoms. The maximum atomic E-state index is 5.14. The molecule has 0 bridgehead atoms. The minimum absolute atomic E-state index is 0.749. The summed E-state index contributed by atoms with van der Waals surface area (Å²) < 4.78 is 5.14. The van der Waals surface area contributed by atoms with E-state index in [1.165, 1.54) is 0 Å². The van der Waals surface area contributed by atoms with E-state index in [1.807, 2.05) is 6.07 Å². The number of nitrogens with zero attached hydrogens (tertiary/aromatic N) is 1. The first-order valence-electron chi connectivity index (χ1n) is 3.62. The predicted molar refractivity (Wildman–Crippen MR) is 44.6 cm³/mol. The summed E-state index contributed by atoms with van der Waals surface area (Å²) in [6, 6.07) is 1.85. The van der Waals surface area contributed by atoms with E-state index in [2.05, 4.69) is 18.8 Å². The highest BCUT2D eigenvalue weighted by atomic mass is 16.5. The van der Waals surface area contributed by atoms with Crippen molar-refractivity contribution in [3.63, 3.8) is 0 Å². The first kappa shape index (κ1) is 8.05. The Morgan fingerprint density at radius 1 is 1.64 bits per heavy atom. The van der Waals surface area contributed by atoms with E-state index in [-0.39, 0.29) is 0 Å². The van der Waals surface area contributed by atoms with Gasteiger partial charge in [0.05, 0.1) is 7.11 Å². The Kier molecular flexibility index (Phi) is 2.47. The minimum atomic E-state index is 0.749. The Balaban J connectivity index is 3.06. The molecule has 0 aromatic carbocycles. The van der Waals surface area contributed by atoms with Gasteiger partial charge in [-0.2, -0.15) is 0 Å². The monoisotopic (exact) mass is 150 g/mol. The first-order valence-corrected chi connectivity index (χ1v) is 3.62. The fraction of sp³-hybridized carbons (Fsp3) is 0.333. The summed E-state index contributed by atoms with van der Waals surface area (Å²) in [7, 11) is 1.66. The summed E-state index contributed by atoms with van der Waals surface area (Å²) in [6.45, 7) is 5.79. The first-order chi connectivity index (χ1) is 5.27. The molecule has 0 spiro atoms. The van der Waals surface area contributed by atoms with Gasteiger partial charge < -0.3 is 4.74 Å². The van der Waals surface area contributed by atoms with Gasteiger partial charge in [0.15, 0.2) is 0 Å². The summed E-state index contributed by atoms with van der Waals surface area (Å²) in [5.41, 5.74) is 1.87. The maximum Gasteiger partial charge on any atom is 0.125 e. The summed E-state index contributed by atoms with van der Waals surface area (Å²) in [6.07, 6.45) is 2.75. The normalized spacial score (nSPS) is 9.73. The van der Waals surface area contributed by atoms with Crippen LogP contribution in [0, 0.1) is 6.92 Å². The SMILES string of the molecule is [CH2]c1cc(OC)c(CC)cn1. The van der Waals surface area contributed by atoms with E-state index in [4.69, 9.17) is 4.74 Å². The second-order valence-corrected chi connectivity index (χ2v) is 2.34. The van der Waals surface area contributed by atoms with Gasteiger partial charge in [-0.15, -0.1) is 0 Å². The Bertz CT molecular complexity index is 245. The standard InChI is InChI=1S/C9H12NO/c1-4-8-6-10-7(2)5-9(8)11-3/h5-6H,2,4H2,1,3H3. The molecule has 2 heteroatoms. The third-order valence-corrected chi connectivity index (χ3v) is 1.60. The molecular formula is C9H12NO. The number of hydrogen-bond donors (Lipinski definition) is 0. The van der Waals surface area contributed by atoms with E-state index in [0.717, 1.165) is 23.4 Å². The zero-order valence-electron chi connectivity index (χ0n) is 6.92. The van der Waals surface area contributed by atoms with Crippen LogP contribution in [0.2, 0.25) is 0 Å². The highest BCUT2D eigenvalue weighted by molar-refractivity contribution is 5.33. The largest absolute Gasteiger partial charge is 0.496 e. The van der Waals surface area contributed by atoms with Crippen molar-refractivity contribution in [2.75, 3.05) is 7.11 Å². The maximum absolute atomic E-state index is 5.14. The number of aromatic nitrogens is 1. The van der Waals surface area contributed by atoms with Gasteiger partial charge in [-0.1, -0.05) is 6.92 Å². The quantitative estimate of drug-likeness (QED) is 0.641. The molecule has 0 N–H and O–H groups in total. The van der Waals surface area contributed by atoms with Gasteiger partial charge in [-0.05, 0) is 13.3 Å². The lowest BCUT2D eigenvalue weighted by molar-refractivity contribution is 0.409. The third kappa shape index (κ3) is 1.70. The highest BCUT2D eigenvalue weighted by Gasteiger charge is 2.00. The zero-order valence-corrected chi connectivity index (χ0v) is 6.92. The fourth-order valence-electron chi connectivity index (χ4n) is 0.961. The van der Waals surface area contributed by atoms with E-state index in [1.54, 1.807) is 13.3 Å². The lowest BCUT2D eigenvalue weighted by Gasteiger charge is -2.05. The van der Waals surface area contributed by atoms with Crippen LogP contribution >= 0.6 is 0 Å². The fourth-order valence-corrected chi connectivity index (χ4v) is 0.961. The predicted octanol–water partition coefficient (Wildman–Crippen LogP) is 1.83. The molecular weight excluding hydrogens is 138 g/mol. The van der Waals surface area contributed by atoms with Gasteiger partial charge in [-0.3, -0.25) is 4.98 Å². The number of aryl methyl sites for hydroxylation is 1. The summed E-state index contributed by atoms with van der Waals surface area (Å²) >= 11 is 0. The van der Waals surface area contributed by atoms with E-state index >= 15 is 0 Å². The lowest BCUT2D eigenvalue weighted by atomic mass is 10.2. The lowest BCUT2D eigenvalue weighted by Crippen LogP contribution is -1.92. The van der Waals surface area contributed by atoms with Crippen molar-refractivity contribution >= 4 is 0 Å². The third-order valence-electron chi connectivity index (χ3n) is 1.60. The molecule has 0 atom stereocenters. The molecule has 0 unspecified atom stereocenters. The van der Waals surface area contributed by atoms with Crippen LogP contribution in [0.4, 0.5) is 0 Å². The highest BCUT2D eigenvalue weighted by Crippen LogP contribution is 2.17. The number of ether oxygens (including phenoxy) is 1. The van der Waals surface area contributed by atoms with Crippen molar-refractivity contribution in [1.82, 2.24) is 4.98 Å². The molecule has 1 aromatic rings. The van der Waals surface area contributed by atoms with Gasteiger partial charge in [-0.25, -0.2) is 0 Å². The minimum Gasteiger partial charge on any atom is -0.496 e. The molecule has 0 saturated heterocycles. The molecule has 2 nitrogen and oxygen atoms in total. The number of pyridine rings is 1. The number of rotatable bonds is 2. The van der Waals surface area contributed by atoms with Gasteiger partial charge >= 0.3 is 0 Å². The molecule has 1 aromatic heterocycles. The second-order valence-electron chi connectivity index (χ2n) is 2.34. The topological polar surface area (TPSA) is 22.1 Å². The van der Waals surface area contributed by atoms with Crippen LogP contribution in [-0.4, -0.2) is 12.1 Å². The van der Waals surface area contributed by atoms with Gasteiger partial charge in [0, 0.05) is 23.5 Å². The van der Waals surface area contributed by atoms with E-state index in [0.29, 0.717) is 0 Å². The molecule has 1 rings (SSSR count). The summed E-state index contributed by atoms with van der Waals surface area (Å²) in [5, 5.41) is 0. The summed E-state index contributed by atoms with van der Waals surface area (Å²) in [4.78, 5) is 4.07. The second kappa shape index (κ2) is 3.37. The summed E-state index contributed by atoms with van der Waals surface area (Å²) in [5.74, 6) is 0.882. The number of methoxy groups -OCH3 is 1. The Morgan fingerprint density at radius 3 is 2.91 bits per heavy atom. The molecule has 0 saturated carbocycles. The molecule has 0 fully saturated rings. The van der Waals surface area contributed by atoms with Crippen molar-refractivity contribution in [3.8, 4) is 5.75 Å².